The van der Waals surface area contributed by atoms with Crippen LogP contribution in [0.1, 0.15) is 16.8 Å². The van der Waals surface area contributed by atoms with Gasteiger partial charge in [-0.15, -0.1) is 0 Å². The molecular formula is C15H23N3O. The molecule has 104 valence electrons. The van der Waals surface area contributed by atoms with Crippen molar-refractivity contribution in [3.8, 4) is 5.75 Å². The first kappa shape index (κ1) is 12.9. The summed E-state index contributed by atoms with van der Waals surface area (Å²) in [6, 6.07) is 0. The summed E-state index contributed by atoms with van der Waals surface area (Å²) in [6.45, 7) is 9.90. The van der Waals surface area contributed by atoms with Gasteiger partial charge in [0.15, 0.2) is 0 Å². The molecule has 1 aromatic heterocycles. The second kappa shape index (κ2) is 5.10. The van der Waals surface area contributed by atoms with Gasteiger partial charge in [0.1, 0.15) is 5.75 Å². The Balaban J connectivity index is 1.74. The van der Waals surface area contributed by atoms with Crippen LogP contribution < -0.4 is 10.1 Å². The van der Waals surface area contributed by atoms with Gasteiger partial charge in [-0.3, -0.25) is 9.88 Å². The minimum Gasteiger partial charge on any atom is -0.496 e. The molecule has 4 nitrogen and oxygen atoms in total. The number of aromatic nitrogens is 1. The van der Waals surface area contributed by atoms with Gasteiger partial charge in [-0.25, -0.2) is 0 Å². The van der Waals surface area contributed by atoms with E-state index in [1.165, 1.54) is 31.7 Å². The fourth-order valence-corrected chi connectivity index (χ4v) is 3.52. The van der Waals surface area contributed by atoms with Gasteiger partial charge in [-0.2, -0.15) is 0 Å². The molecule has 1 aromatic rings. The van der Waals surface area contributed by atoms with Gasteiger partial charge in [0.05, 0.1) is 12.8 Å². The van der Waals surface area contributed by atoms with E-state index in [1.54, 1.807) is 7.11 Å². The smallest absolute Gasteiger partial charge is 0.128 e. The van der Waals surface area contributed by atoms with Gasteiger partial charge in [0.25, 0.3) is 0 Å². The van der Waals surface area contributed by atoms with E-state index >= 15 is 0 Å². The van der Waals surface area contributed by atoms with Crippen LogP contribution in [0.25, 0.3) is 0 Å². The second-order valence-electron chi connectivity index (χ2n) is 5.92. The molecule has 0 saturated carbocycles. The third-order valence-electron chi connectivity index (χ3n) is 4.59. The van der Waals surface area contributed by atoms with E-state index in [4.69, 9.17) is 4.74 Å². The van der Waals surface area contributed by atoms with E-state index in [0.717, 1.165) is 35.4 Å². The maximum absolute atomic E-state index is 5.49. The molecule has 2 aliphatic heterocycles. The highest BCUT2D eigenvalue weighted by Crippen LogP contribution is 2.29. The number of methoxy groups -OCH3 is 1. The molecule has 2 fully saturated rings. The van der Waals surface area contributed by atoms with Crippen molar-refractivity contribution in [2.45, 2.75) is 20.4 Å². The lowest BCUT2D eigenvalue weighted by molar-refractivity contribution is 0.300. The first-order valence-electron chi connectivity index (χ1n) is 7.11. The van der Waals surface area contributed by atoms with E-state index in [2.05, 4.69) is 29.0 Å². The summed E-state index contributed by atoms with van der Waals surface area (Å²) in [7, 11) is 1.74. The van der Waals surface area contributed by atoms with Crippen LogP contribution in [0, 0.1) is 25.7 Å². The molecule has 0 amide bonds. The van der Waals surface area contributed by atoms with E-state index < -0.39 is 0 Å². The normalized spacial score (nSPS) is 26.7. The molecule has 0 bridgehead atoms. The lowest BCUT2D eigenvalue weighted by Crippen LogP contribution is -2.26. The number of fused-ring (bicyclic) bond motifs is 1. The Morgan fingerprint density at radius 1 is 1.32 bits per heavy atom. The van der Waals surface area contributed by atoms with E-state index in [-0.39, 0.29) is 0 Å². The summed E-state index contributed by atoms with van der Waals surface area (Å²) in [6.07, 6.45) is 1.93. The molecule has 0 spiro atoms. The maximum atomic E-state index is 5.49. The molecule has 19 heavy (non-hydrogen) atoms. The van der Waals surface area contributed by atoms with E-state index in [9.17, 15) is 0 Å². The molecule has 2 saturated heterocycles. The Hall–Kier alpha value is -1.13. The SMILES string of the molecule is COc1c(C)cnc(CN2C[C@H]3CNC[C@H]3C2)c1C. The summed E-state index contributed by atoms with van der Waals surface area (Å²) in [5.41, 5.74) is 3.47. The largest absolute Gasteiger partial charge is 0.496 e. The lowest BCUT2D eigenvalue weighted by Gasteiger charge is -2.19. The standard InChI is InChI=1S/C15H23N3O/c1-10-4-17-14(11(2)15(10)19-3)9-18-7-12-5-16-6-13(12)8-18/h4,12-13,16H,5-9H2,1-3H3/t12-,13+. The Kier molecular flexibility index (Phi) is 3.46. The zero-order valence-corrected chi connectivity index (χ0v) is 12.1. The highest BCUT2D eigenvalue weighted by Gasteiger charge is 2.36. The van der Waals surface area contributed by atoms with Crippen LogP contribution in [0.5, 0.6) is 5.75 Å². The molecule has 2 aliphatic rings. The molecule has 0 aromatic carbocycles. The maximum Gasteiger partial charge on any atom is 0.128 e. The van der Waals surface area contributed by atoms with Gasteiger partial charge < -0.3 is 10.1 Å². The topological polar surface area (TPSA) is 37.4 Å². The summed E-state index contributed by atoms with van der Waals surface area (Å²) in [4.78, 5) is 7.15. The highest BCUT2D eigenvalue weighted by atomic mass is 16.5. The number of pyridine rings is 1. The van der Waals surface area contributed by atoms with Crippen LogP contribution in [0.3, 0.4) is 0 Å². The molecule has 4 heteroatoms. The first-order valence-corrected chi connectivity index (χ1v) is 7.11. The Labute approximate surface area is 115 Å². The third kappa shape index (κ3) is 2.35. The van der Waals surface area contributed by atoms with Crippen molar-refractivity contribution in [2.75, 3.05) is 33.3 Å². The second-order valence-corrected chi connectivity index (χ2v) is 5.92. The monoisotopic (exact) mass is 261 g/mol. The Bertz CT molecular complexity index is 463. The highest BCUT2D eigenvalue weighted by molar-refractivity contribution is 5.41. The summed E-state index contributed by atoms with van der Waals surface area (Å²) >= 11 is 0. The van der Waals surface area contributed by atoms with Crippen molar-refractivity contribution in [1.82, 2.24) is 15.2 Å². The van der Waals surface area contributed by atoms with Crippen molar-refractivity contribution in [3.63, 3.8) is 0 Å². The average molecular weight is 261 g/mol. The number of nitrogens with one attached hydrogen (secondary N) is 1. The van der Waals surface area contributed by atoms with Gasteiger partial charge in [0, 0.05) is 37.0 Å². The molecule has 0 radical (unpaired) electrons. The Morgan fingerprint density at radius 3 is 2.63 bits per heavy atom. The van der Waals surface area contributed by atoms with E-state index in [1.807, 2.05) is 6.20 Å². The molecule has 2 atom stereocenters. The number of aryl methyl sites for hydroxylation is 1. The van der Waals surface area contributed by atoms with Crippen molar-refractivity contribution >= 4 is 0 Å². The number of likely N-dealkylation sites (tertiary alicyclic amines) is 1. The predicted octanol–water partition coefficient (Wildman–Crippen LogP) is 1.36. The summed E-state index contributed by atoms with van der Waals surface area (Å²) in [5, 5.41) is 3.48. The van der Waals surface area contributed by atoms with E-state index in [0.29, 0.717) is 0 Å². The van der Waals surface area contributed by atoms with Gasteiger partial charge in [0.2, 0.25) is 0 Å². The van der Waals surface area contributed by atoms with Crippen LogP contribution >= 0.6 is 0 Å². The van der Waals surface area contributed by atoms with Gasteiger partial charge in [-0.05, 0) is 38.8 Å². The fourth-order valence-electron chi connectivity index (χ4n) is 3.52. The Morgan fingerprint density at radius 2 is 2.00 bits per heavy atom. The number of rotatable bonds is 3. The van der Waals surface area contributed by atoms with Crippen LogP contribution in [0.15, 0.2) is 6.20 Å². The average Bonchev–Trinajstić information content (AvgIpc) is 2.94. The summed E-state index contributed by atoms with van der Waals surface area (Å²) < 4.78 is 5.49. The number of hydrogen-bond donors (Lipinski definition) is 1. The first-order chi connectivity index (χ1) is 9.19. The van der Waals surface area contributed by atoms with Gasteiger partial charge in [-0.1, -0.05) is 0 Å². The van der Waals surface area contributed by atoms with Crippen molar-refractivity contribution in [3.05, 3.63) is 23.0 Å². The fraction of sp³-hybridized carbons (Fsp3) is 0.667. The number of hydrogen-bond acceptors (Lipinski definition) is 4. The minimum absolute atomic E-state index is 0.840. The van der Waals surface area contributed by atoms with Crippen LogP contribution in [0.2, 0.25) is 0 Å². The number of nitrogens with zero attached hydrogens (tertiary/aromatic N) is 2. The van der Waals surface area contributed by atoms with Crippen molar-refractivity contribution in [1.29, 1.82) is 0 Å². The quantitative estimate of drug-likeness (QED) is 0.891. The molecule has 3 rings (SSSR count). The predicted molar refractivity (Wildman–Crippen MR) is 75.4 cm³/mol. The molecule has 1 N–H and O–H groups in total. The number of ether oxygens (including phenoxy) is 1. The zero-order valence-electron chi connectivity index (χ0n) is 12.1. The summed E-state index contributed by atoms with van der Waals surface area (Å²) in [5.74, 6) is 2.67. The lowest BCUT2D eigenvalue weighted by atomic mass is 10.0. The third-order valence-corrected chi connectivity index (χ3v) is 4.59. The van der Waals surface area contributed by atoms with Crippen molar-refractivity contribution < 1.29 is 4.74 Å². The van der Waals surface area contributed by atoms with Crippen LogP contribution in [0.4, 0.5) is 0 Å². The van der Waals surface area contributed by atoms with Gasteiger partial charge >= 0.3 is 0 Å². The zero-order chi connectivity index (χ0) is 13.4. The van der Waals surface area contributed by atoms with Crippen LogP contribution in [-0.2, 0) is 6.54 Å². The van der Waals surface area contributed by atoms with Crippen LogP contribution in [-0.4, -0.2) is 43.2 Å². The molecular weight excluding hydrogens is 238 g/mol. The molecule has 0 unspecified atom stereocenters. The minimum atomic E-state index is 0.840. The van der Waals surface area contributed by atoms with Crippen molar-refractivity contribution in [2.24, 2.45) is 11.8 Å². The molecule has 0 aliphatic carbocycles. The molecule has 3 heterocycles.